The largest absolute Gasteiger partial charge is 0.480 e. The Morgan fingerprint density at radius 1 is 1.27 bits per heavy atom. The van der Waals surface area contributed by atoms with Crippen molar-refractivity contribution in [2.75, 3.05) is 12.0 Å². The Morgan fingerprint density at radius 3 is 2.18 bits per heavy atom. The number of hydrogen-bond acceptors (Lipinski definition) is 4. The fourth-order valence-electron chi connectivity index (χ4n) is 4.27. The number of nitrogens with zero attached hydrogens (tertiary/aromatic N) is 1. The number of alkyl halides is 2. The quantitative estimate of drug-likeness (QED) is 0.507. The molecule has 2 saturated carbocycles. The third kappa shape index (κ3) is 2.28. The summed E-state index contributed by atoms with van der Waals surface area (Å²) in [5, 5.41) is 9.44. The molecule has 0 aromatic heterocycles. The molecule has 0 unspecified atom stereocenters. The molecule has 1 heterocycles. The minimum Gasteiger partial charge on any atom is -0.480 e. The molecule has 3 fully saturated rings. The van der Waals surface area contributed by atoms with Crippen molar-refractivity contribution >= 4 is 61.4 Å². The van der Waals surface area contributed by atoms with Crippen molar-refractivity contribution in [3.63, 3.8) is 0 Å². The van der Waals surface area contributed by atoms with Gasteiger partial charge in [0.15, 0.2) is 0 Å². The number of thioether (sulfide) groups is 1. The van der Waals surface area contributed by atoms with Crippen molar-refractivity contribution < 1.29 is 19.5 Å². The van der Waals surface area contributed by atoms with Gasteiger partial charge in [0.1, 0.15) is 6.04 Å². The fraction of sp³-hybridized carbons (Fsp3) is 0.786. The lowest BCUT2D eigenvalue weighted by Crippen LogP contribution is -2.46. The summed E-state index contributed by atoms with van der Waals surface area (Å²) in [5.41, 5.74) is 0. The van der Waals surface area contributed by atoms with Crippen LogP contribution in [0.15, 0.2) is 0 Å². The van der Waals surface area contributed by atoms with E-state index in [4.69, 9.17) is 0 Å². The second kappa shape index (κ2) is 6.09. The number of carboxylic acid groups (broad SMARTS) is 1. The van der Waals surface area contributed by atoms with Crippen LogP contribution in [0.5, 0.6) is 0 Å². The number of imide groups is 1. The first-order valence-electron chi connectivity index (χ1n) is 7.27. The molecule has 2 amide bonds. The van der Waals surface area contributed by atoms with Gasteiger partial charge in [-0.25, -0.2) is 4.79 Å². The van der Waals surface area contributed by atoms with Gasteiger partial charge in [0, 0.05) is 9.65 Å². The molecule has 3 rings (SSSR count). The molecule has 0 aromatic rings. The number of likely N-dealkylation sites (tertiary alicyclic amines) is 1. The van der Waals surface area contributed by atoms with E-state index in [9.17, 15) is 19.5 Å². The lowest BCUT2D eigenvalue weighted by Gasteiger charge is -2.28. The van der Waals surface area contributed by atoms with Crippen molar-refractivity contribution in [1.29, 1.82) is 0 Å². The van der Waals surface area contributed by atoms with Crippen LogP contribution in [0.25, 0.3) is 0 Å². The maximum Gasteiger partial charge on any atom is 0.326 e. The lowest BCUT2D eigenvalue weighted by atomic mass is 9.81. The van der Waals surface area contributed by atoms with E-state index in [1.165, 1.54) is 11.8 Å². The highest BCUT2D eigenvalue weighted by Gasteiger charge is 2.67. The molecule has 22 heavy (non-hydrogen) atoms. The maximum atomic E-state index is 12.7. The van der Waals surface area contributed by atoms with Crippen molar-refractivity contribution in [2.24, 2.45) is 23.7 Å². The molecular formula is C14H17Br2NO4S. The lowest BCUT2D eigenvalue weighted by molar-refractivity contribution is -0.155. The predicted molar refractivity (Wildman–Crippen MR) is 90.3 cm³/mol. The van der Waals surface area contributed by atoms with Gasteiger partial charge in [-0.3, -0.25) is 14.5 Å². The highest BCUT2D eigenvalue weighted by Crippen LogP contribution is 2.60. The average Bonchev–Trinajstić information content (AvgIpc) is 3.06. The zero-order valence-electron chi connectivity index (χ0n) is 11.9. The molecule has 1 aliphatic heterocycles. The average molecular weight is 455 g/mol. The Morgan fingerprint density at radius 2 is 1.77 bits per heavy atom. The van der Waals surface area contributed by atoms with Gasteiger partial charge in [0.25, 0.3) is 0 Å². The van der Waals surface area contributed by atoms with Gasteiger partial charge in [-0.1, -0.05) is 31.9 Å². The molecule has 122 valence electrons. The number of carbonyl (C=O) groups excluding carboxylic acids is 2. The third-order valence-electron chi connectivity index (χ3n) is 5.21. The van der Waals surface area contributed by atoms with Gasteiger partial charge in [-0.2, -0.15) is 11.8 Å². The summed E-state index contributed by atoms with van der Waals surface area (Å²) in [6.07, 6.45) is 3.04. The van der Waals surface area contributed by atoms with Crippen molar-refractivity contribution in [3.8, 4) is 0 Å². The van der Waals surface area contributed by atoms with Crippen LogP contribution < -0.4 is 0 Å². The summed E-state index contributed by atoms with van der Waals surface area (Å²) in [5.74, 6) is -1.47. The van der Waals surface area contributed by atoms with E-state index in [1.807, 2.05) is 6.26 Å². The van der Waals surface area contributed by atoms with E-state index < -0.39 is 12.0 Å². The highest BCUT2D eigenvalue weighted by atomic mass is 79.9. The Balaban J connectivity index is 1.88. The summed E-state index contributed by atoms with van der Waals surface area (Å²) >= 11 is 8.76. The van der Waals surface area contributed by atoms with Crippen molar-refractivity contribution in [2.45, 2.75) is 28.5 Å². The van der Waals surface area contributed by atoms with Crippen LogP contribution in [-0.4, -0.2) is 55.5 Å². The molecule has 1 N–H and O–H groups in total. The van der Waals surface area contributed by atoms with Crippen LogP contribution in [0.1, 0.15) is 12.8 Å². The number of halogens is 2. The van der Waals surface area contributed by atoms with Crippen molar-refractivity contribution in [3.05, 3.63) is 0 Å². The number of rotatable bonds is 5. The minimum atomic E-state index is -1.09. The summed E-state index contributed by atoms with van der Waals surface area (Å²) in [7, 11) is 0. The van der Waals surface area contributed by atoms with Gasteiger partial charge >= 0.3 is 5.97 Å². The Labute approximate surface area is 149 Å². The minimum absolute atomic E-state index is 0.121. The number of carbonyl (C=O) groups is 3. The highest BCUT2D eigenvalue weighted by molar-refractivity contribution is 9.12. The summed E-state index contributed by atoms with van der Waals surface area (Å²) < 4.78 is 0. The van der Waals surface area contributed by atoms with E-state index >= 15 is 0 Å². The van der Waals surface area contributed by atoms with Crippen LogP contribution in [0.2, 0.25) is 0 Å². The maximum absolute atomic E-state index is 12.7. The van der Waals surface area contributed by atoms with E-state index in [2.05, 4.69) is 31.9 Å². The Kier molecular flexibility index (Phi) is 4.64. The second-order valence-electron chi connectivity index (χ2n) is 6.19. The van der Waals surface area contributed by atoms with Crippen LogP contribution in [0.4, 0.5) is 0 Å². The fourth-order valence-corrected chi connectivity index (χ4v) is 6.60. The predicted octanol–water partition coefficient (Wildman–Crippen LogP) is 1.97. The van der Waals surface area contributed by atoms with E-state index in [0.717, 1.165) is 11.3 Å². The smallest absolute Gasteiger partial charge is 0.326 e. The van der Waals surface area contributed by atoms with Crippen LogP contribution in [-0.2, 0) is 14.4 Å². The molecule has 1 saturated heterocycles. The molecule has 0 aromatic carbocycles. The zero-order valence-corrected chi connectivity index (χ0v) is 15.9. The molecule has 7 atom stereocenters. The van der Waals surface area contributed by atoms with Gasteiger partial charge in [-0.15, -0.1) is 0 Å². The van der Waals surface area contributed by atoms with Gasteiger partial charge in [0.2, 0.25) is 11.8 Å². The topological polar surface area (TPSA) is 74.7 Å². The monoisotopic (exact) mass is 453 g/mol. The summed E-state index contributed by atoms with van der Waals surface area (Å²) in [4.78, 5) is 38.4. The first-order valence-corrected chi connectivity index (χ1v) is 10.5. The third-order valence-corrected chi connectivity index (χ3v) is 9.06. The Bertz CT molecular complexity index is 499. The molecule has 5 nitrogen and oxygen atoms in total. The van der Waals surface area contributed by atoms with Crippen LogP contribution in [0, 0.1) is 23.7 Å². The number of fused-ring (bicyclic) bond motifs is 5. The molecule has 2 aliphatic carbocycles. The van der Waals surface area contributed by atoms with Crippen LogP contribution >= 0.6 is 43.6 Å². The Hall–Kier alpha value is -0.0800. The van der Waals surface area contributed by atoms with E-state index in [0.29, 0.717) is 12.2 Å². The molecule has 2 bridgehead atoms. The molecule has 0 radical (unpaired) electrons. The molecular weight excluding hydrogens is 438 g/mol. The second-order valence-corrected chi connectivity index (χ2v) is 9.29. The SMILES string of the molecule is CSCC[C@H](C(=O)O)N1C(=O)[C@@H]2[C@@H]3C[C@@H]([C@H](Br)[C@H]3Br)[C@@H]2C1=O. The van der Waals surface area contributed by atoms with E-state index in [1.54, 1.807) is 0 Å². The summed E-state index contributed by atoms with van der Waals surface area (Å²) in [6.45, 7) is 0. The van der Waals surface area contributed by atoms with Gasteiger partial charge in [-0.05, 0) is 36.7 Å². The van der Waals surface area contributed by atoms with Crippen molar-refractivity contribution in [1.82, 2.24) is 4.90 Å². The first kappa shape index (κ1) is 16.8. The summed E-state index contributed by atoms with van der Waals surface area (Å²) in [6, 6.07) is -1.03. The normalized spacial score (nSPS) is 41.1. The molecule has 8 heteroatoms. The number of hydrogen-bond donors (Lipinski definition) is 1. The number of carboxylic acids is 1. The van der Waals surface area contributed by atoms with Crippen LogP contribution in [0.3, 0.4) is 0 Å². The molecule has 0 spiro atoms. The first-order chi connectivity index (χ1) is 10.4. The number of aliphatic carboxylic acids is 1. The number of amides is 2. The zero-order chi connectivity index (χ0) is 16.2. The van der Waals surface area contributed by atoms with Gasteiger partial charge in [0.05, 0.1) is 11.8 Å². The van der Waals surface area contributed by atoms with Gasteiger partial charge < -0.3 is 5.11 Å². The standard InChI is InChI=1S/C14H17Br2NO4S/c1-22-3-2-7(14(20)21)17-12(18)8-5-4-6(9(8)13(17)19)11(16)10(5)15/h5-11H,2-4H2,1H3,(H,20,21)/t5-,6+,7-,8+,9-,10+,11+/m1/s1. The van der Waals surface area contributed by atoms with E-state index in [-0.39, 0.29) is 45.1 Å². The molecule has 3 aliphatic rings.